The summed E-state index contributed by atoms with van der Waals surface area (Å²) in [5.41, 5.74) is 0.508. The number of para-hydroxylation sites is 1. The molecule has 1 aromatic heterocycles. The molecule has 3 rings (SSSR count). The molecule has 0 fully saturated rings. The average molecular weight is 261 g/mol. The van der Waals surface area contributed by atoms with Gasteiger partial charge in [0.15, 0.2) is 0 Å². The molecule has 0 aliphatic carbocycles. The molecule has 18 heavy (non-hydrogen) atoms. The molecular formula is C12H11N3O2S. The Balaban J connectivity index is 1.94. The van der Waals surface area contributed by atoms with E-state index in [2.05, 4.69) is 21.4 Å². The van der Waals surface area contributed by atoms with Crippen LogP contribution < -0.4 is 16.4 Å². The highest BCUT2D eigenvalue weighted by Gasteiger charge is 2.20. The minimum atomic E-state index is -0.623. The highest BCUT2D eigenvalue weighted by Crippen LogP contribution is 2.37. The lowest BCUT2D eigenvalue weighted by molar-refractivity contribution is 0.811. The molecule has 1 atom stereocenters. The van der Waals surface area contributed by atoms with Crippen LogP contribution in [-0.2, 0) is 0 Å². The van der Waals surface area contributed by atoms with Crippen LogP contribution in [0.4, 0.5) is 5.69 Å². The Bertz CT molecular complexity index is 692. The maximum absolute atomic E-state index is 11.3. The zero-order valence-corrected chi connectivity index (χ0v) is 10.2. The number of thioether (sulfide) groups is 1. The van der Waals surface area contributed by atoms with Crippen molar-refractivity contribution in [3.8, 4) is 0 Å². The normalized spacial score (nSPS) is 17.9. The Morgan fingerprint density at radius 1 is 1.17 bits per heavy atom. The van der Waals surface area contributed by atoms with Crippen molar-refractivity contribution < 1.29 is 0 Å². The second kappa shape index (κ2) is 4.38. The standard InChI is InChI=1S/C12H11N3O2S/c16-11-12(17)15-8(5-13-11)9-6-18-10-4-2-1-3-7(10)14-9/h1-5,9,14H,6H2,(H,13,16)(H,15,17). The van der Waals surface area contributed by atoms with Gasteiger partial charge < -0.3 is 15.3 Å². The largest absolute Gasteiger partial charge is 0.375 e. The first kappa shape index (κ1) is 11.2. The lowest BCUT2D eigenvalue weighted by atomic mass is 10.2. The van der Waals surface area contributed by atoms with E-state index in [9.17, 15) is 9.59 Å². The van der Waals surface area contributed by atoms with Crippen LogP contribution in [0.2, 0.25) is 0 Å². The van der Waals surface area contributed by atoms with Crippen LogP contribution in [0.5, 0.6) is 0 Å². The quantitative estimate of drug-likeness (QED) is 0.677. The number of benzene rings is 1. The third-order valence-electron chi connectivity index (χ3n) is 2.82. The molecule has 6 heteroatoms. The van der Waals surface area contributed by atoms with Gasteiger partial charge in [0, 0.05) is 22.5 Å². The summed E-state index contributed by atoms with van der Waals surface area (Å²) in [6.45, 7) is 0. The van der Waals surface area contributed by atoms with Gasteiger partial charge in [-0.15, -0.1) is 11.8 Å². The summed E-state index contributed by atoms with van der Waals surface area (Å²) in [6, 6.07) is 8.01. The van der Waals surface area contributed by atoms with Crippen molar-refractivity contribution in [1.82, 2.24) is 9.97 Å². The van der Waals surface area contributed by atoms with Crippen LogP contribution in [0.15, 0.2) is 44.9 Å². The summed E-state index contributed by atoms with van der Waals surface area (Å²) >= 11 is 1.73. The van der Waals surface area contributed by atoms with E-state index in [1.807, 2.05) is 18.2 Å². The molecule has 1 aliphatic rings. The minimum Gasteiger partial charge on any atom is -0.375 e. The number of anilines is 1. The van der Waals surface area contributed by atoms with Crippen LogP contribution in [0.1, 0.15) is 11.7 Å². The third kappa shape index (κ3) is 1.95. The van der Waals surface area contributed by atoms with Crippen LogP contribution in [0.25, 0.3) is 0 Å². The molecule has 0 saturated heterocycles. The number of rotatable bonds is 1. The molecule has 92 valence electrons. The second-order valence-electron chi connectivity index (χ2n) is 4.03. The summed E-state index contributed by atoms with van der Waals surface area (Å²) in [5, 5.41) is 3.35. The highest BCUT2D eigenvalue weighted by atomic mass is 32.2. The van der Waals surface area contributed by atoms with Gasteiger partial charge in [-0.1, -0.05) is 12.1 Å². The summed E-state index contributed by atoms with van der Waals surface area (Å²) in [7, 11) is 0. The molecule has 0 spiro atoms. The number of hydrogen-bond acceptors (Lipinski definition) is 4. The molecule has 1 aromatic carbocycles. The second-order valence-corrected chi connectivity index (χ2v) is 5.09. The summed E-state index contributed by atoms with van der Waals surface area (Å²) in [5.74, 6) is 0.805. The first-order valence-electron chi connectivity index (χ1n) is 5.54. The van der Waals surface area contributed by atoms with Crippen molar-refractivity contribution in [2.24, 2.45) is 0 Å². The summed E-state index contributed by atoms with van der Waals surface area (Å²) in [4.78, 5) is 28.6. The van der Waals surface area contributed by atoms with Crippen molar-refractivity contribution in [3.05, 3.63) is 56.9 Å². The van der Waals surface area contributed by atoms with Crippen molar-refractivity contribution in [2.75, 3.05) is 11.1 Å². The summed E-state index contributed by atoms with van der Waals surface area (Å²) < 4.78 is 0. The van der Waals surface area contributed by atoms with Gasteiger partial charge in [-0.05, 0) is 12.1 Å². The van der Waals surface area contributed by atoms with Crippen molar-refractivity contribution >= 4 is 17.4 Å². The zero-order chi connectivity index (χ0) is 12.5. The number of aromatic amines is 2. The van der Waals surface area contributed by atoms with Gasteiger partial charge in [-0.3, -0.25) is 9.59 Å². The fourth-order valence-corrected chi connectivity index (χ4v) is 2.97. The number of aromatic nitrogens is 2. The van der Waals surface area contributed by atoms with Crippen LogP contribution in [-0.4, -0.2) is 15.7 Å². The fraction of sp³-hybridized carbons (Fsp3) is 0.167. The lowest BCUT2D eigenvalue weighted by Crippen LogP contribution is -2.32. The molecular weight excluding hydrogens is 250 g/mol. The lowest BCUT2D eigenvalue weighted by Gasteiger charge is -2.26. The predicted molar refractivity (Wildman–Crippen MR) is 71.2 cm³/mol. The van der Waals surface area contributed by atoms with Crippen molar-refractivity contribution in [3.63, 3.8) is 0 Å². The highest BCUT2D eigenvalue weighted by molar-refractivity contribution is 7.99. The maximum atomic E-state index is 11.3. The van der Waals surface area contributed by atoms with E-state index >= 15 is 0 Å². The topological polar surface area (TPSA) is 77.8 Å². The van der Waals surface area contributed by atoms with Crippen molar-refractivity contribution in [1.29, 1.82) is 0 Å². The first-order valence-corrected chi connectivity index (χ1v) is 6.53. The van der Waals surface area contributed by atoms with Crippen LogP contribution in [0.3, 0.4) is 0 Å². The first-order chi connectivity index (χ1) is 8.74. The number of fused-ring (bicyclic) bond motifs is 1. The average Bonchev–Trinajstić information content (AvgIpc) is 2.41. The van der Waals surface area contributed by atoms with E-state index in [0.29, 0.717) is 5.69 Å². The molecule has 2 heterocycles. The molecule has 1 aliphatic heterocycles. The smallest absolute Gasteiger partial charge is 0.313 e. The van der Waals surface area contributed by atoms with Gasteiger partial charge in [0.25, 0.3) is 0 Å². The van der Waals surface area contributed by atoms with Crippen LogP contribution >= 0.6 is 11.8 Å². The van der Waals surface area contributed by atoms with E-state index in [4.69, 9.17) is 0 Å². The predicted octanol–water partition coefficient (Wildman–Crippen LogP) is 1.32. The Kier molecular flexibility index (Phi) is 2.71. The zero-order valence-electron chi connectivity index (χ0n) is 9.40. The van der Waals surface area contributed by atoms with Gasteiger partial charge in [0.1, 0.15) is 0 Å². The van der Waals surface area contributed by atoms with Gasteiger partial charge >= 0.3 is 11.1 Å². The molecule has 2 aromatic rings. The number of nitrogens with one attached hydrogen (secondary N) is 3. The van der Waals surface area contributed by atoms with E-state index in [-0.39, 0.29) is 6.04 Å². The third-order valence-corrected chi connectivity index (χ3v) is 3.99. The van der Waals surface area contributed by atoms with Crippen molar-refractivity contribution in [2.45, 2.75) is 10.9 Å². The Hall–Kier alpha value is -1.95. The minimum absolute atomic E-state index is 0.00514. The van der Waals surface area contributed by atoms with E-state index in [1.165, 1.54) is 4.90 Å². The Morgan fingerprint density at radius 3 is 2.83 bits per heavy atom. The summed E-state index contributed by atoms with van der Waals surface area (Å²) in [6.07, 6.45) is 1.55. The molecule has 0 amide bonds. The molecule has 0 saturated carbocycles. The maximum Gasteiger partial charge on any atom is 0.313 e. The Morgan fingerprint density at radius 2 is 2.00 bits per heavy atom. The van der Waals surface area contributed by atoms with Gasteiger partial charge in [-0.25, -0.2) is 0 Å². The Labute approximate surface area is 107 Å². The van der Waals surface area contributed by atoms with E-state index in [1.54, 1.807) is 18.0 Å². The fourth-order valence-electron chi connectivity index (χ4n) is 1.90. The molecule has 0 radical (unpaired) electrons. The van der Waals surface area contributed by atoms with Gasteiger partial charge in [0.2, 0.25) is 0 Å². The number of H-pyrrole nitrogens is 2. The number of hydrogen-bond donors (Lipinski definition) is 3. The van der Waals surface area contributed by atoms with Gasteiger partial charge in [-0.2, -0.15) is 0 Å². The van der Waals surface area contributed by atoms with E-state index < -0.39 is 11.1 Å². The SMILES string of the molecule is O=c1[nH]cc(C2CSc3ccccc3N2)[nH]c1=O. The molecule has 5 nitrogen and oxygen atoms in total. The van der Waals surface area contributed by atoms with E-state index in [0.717, 1.165) is 11.4 Å². The van der Waals surface area contributed by atoms with Gasteiger partial charge in [0.05, 0.1) is 11.7 Å². The molecule has 1 unspecified atom stereocenters. The monoisotopic (exact) mass is 261 g/mol. The molecule has 3 N–H and O–H groups in total. The molecule has 0 bridgehead atoms. The van der Waals surface area contributed by atoms with Crippen LogP contribution in [0, 0.1) is 0 Å².